The summed E-state index contributed by atoms with van der Waals surface area (Å²) in [7, 11) is 3.81. The number of nitrogens with two attached hydrogens (primary N) is 1. The Morgan fingerprint density at radius 2 is 2.00 bits per heavy atom. The van der Waals surface area contributed by atoms with Crippen LogP contribution in [0.5, 0.6) is 0 Å². The van der Waals surface area contributed by atoms with E-state index in [2.05, 4.69) is 22.1 Å². The SMILES string of the molecule is CCCCN(C)C(=NC)NCc1ccc(C(N)=O)cc1. The van der Waals surface area contributed by atoms with Gasteiger partial charge in [-0.15, -0.1) is 0 Å². The third-order valence-electron chi connectivity index (χ3n) is 3.11. The highest BCUT2D eigenvalue weighted by Gasteiger charge is 2.05. The molecule has 5 nitrogen and oxygen atoms in total. The summed E-state index contributed by atoms with van der Waals surface area (Å²) in [4.78, 5) is 17.4. The molecule has 0 aliphatic carbocycles. The van der Waals surface area contributed by atoms with E-state index < -0.39 is 5.91 Å². The topological polar surface area (TPSA) is 70.7 Å². The first-order chi connectivity index (χ1) is 9.58. The Morgan fingerprint density at radius 1 is 1.35 bits per heavy atom. The number of benzene rings is 1. The van der Waals surface area contributed by atoms with Crippen LogP contribution in [-0.2, 0) is 6.54 Å². The fraction of sp³-hybridized carbons (Fsp3) is 0.467. The number of aliphatic imine (C=N–C) groups is 1. The Morgan fingerprint density at radius 3 is 2.50 bits per heavy atom. The van der Waals surface area contributed by atoms with Crippen molar-refractivity contribution in [3.8, 4) is 0 Å². The van der Waals surface area contributed by atoms with E-state index in [1.54, 1.807) is 19.2 Å². The van der Waals surface area contributed by atoms with Crippen molar-refractivity contribution in [1.29, 1.82) is 0 Å². The van der Waals surface area contributed by atoms with Crippen molar-refractivity contribution in [1.82, 2.24) is 10.2 Å². The van der Waals surface area contributed by atoms with Crippen molar-refractivity contribution >= 4 is 11.9 Å². The number of carbonyl (C=O) groups excluding carboxylic acids is 1. The zero-order valence-corrected chi connectivity index (χ0v) is 12.5. The molecule has 20 heavy (non-hydrogen) atoms. The van der Waals surface area contributed by atoms with E-state index >= 15 is 0 Å². The van der Waals surface area contributed by atoms with Gasteiger partial charge in [-0.05, 0) is 24.1 Å². The first kappa shape index (κ1) is 16.0. The number of unbranched alkanes of at least 4 members (excludes halogenated alkanes) is 1. The summed E-state index contributed by atoms with van der Waals surface area (Å²) in [5.41, 5.74) is 6.82. The van der Waals surface area contributed by atoms with Crippen LogP contribution in [0.2, 0.25) is 0 Å². The molecule has 1 amide bonds. The van der Waals surface area contributed by atoms with Gasteiger partial charge in [0.15, 0.2) is 5.96 Å². The molecule has 0 saturated heterocycles. The Bertz CT molecular complexity index is 453. The smallest absolute Gasteiger partial charge is 0.248 e. The number of amides is 1. The molecule has 5 heteroatoms. The Hall–Kier alpha value is -2.04. The van der Waals surface area contributed by atoms with Crippen LogP contribution in [0, 0.1) is 0 Å². The van der Waals surface area contributed by atoms with Crippen LogP contribution in [0.1, 0.15) is 35.7 Å². The maximum Gasteiger partial charge on any atom is 0.248 e. The molecule has 0 atom stereocenters. The van der Waals surface area contributed by atoms with Crippen LogP contribution in [0.15, 0.2) is 29.3 Å². The highest BCUT2D eigenvalue weighted by molar-refractivity contribution is 5.92. The molecule has 0 radical (unpaired) electrons. The van der Waals surface area contributed by atoms with E-state index in [4.69, 9.17) is 5.73 Å². The molecule has 1 aromatic carbocycles. The number of nitrogens with one attached hydrogen (secondary N) is 1. The summed E-state index contributed by atoms with van der Waals surface area (Å²) in [5, 5.41) is 3.30. The summed E-state index contributed by atoms with van der Waals surface area (Å²) in [5.74, 6) is 0.469. The molecule has 0 saturated carbocycles. The molecule has 0 spiro atoms. The minimum atomic E-state index is -0.403. The predicted molar refractivity (Wildman–Crippen MR) is 82.7 cm³/mol. The van der Waals surface area contributed by atoms with Gasteiger partial charge in [-0.3, -0.25) is 9.79 Å². The van der Waals surface area contributed by atoms with Crippen LogP contribution >= 0.6 is 0 Å². The van der Waals surface area contributed by atoms with Crippen molar-refractivity contribution in [3.63, 3.8) is 0 Å². The second-order valence-electron chi connectivity index (χ2n) is 4.74. The first-order valence-electron chi connectivity index (χ1n) is 6.89. The number of guanidine groups is 1. The maximum atomic E-state index is 11.0. The van der Waals surface area contributed by atoms with Gasteiger partial charge in [0, 0.05) is 32.7 Å². The zero-order valence-electron chi connectivity index (χ0n) is 12.5. The quantitative estimate of drug-likeness (QED) is 0.612. The number of hydrogen-bond donors (Lipinski definition) is 2. The molecule has 0 aromatic heterocycles. The Labute approximate surface area is 120 Å². The van der Waals surface area contributed by atoms with Crippen molar-refractivity contribution in [2.75, 3.05) is 20.6 Å². The van der Waals surface area contributed by atoms with Crippen molar-refractivity contribution in [2.24, 2.45) is 10.7 Å². The van der Waals surface area contributed by atoms with Crippen molar-refractivity contribution in [2.45, 2.75) is 26.3 Å². The molecular formula is C15H24N4O. The monoisotopic (exact) mass is 276 g/mol. The van der Waals surface area contributed by atoms with E-state index in [0.717, 1.165) is 30.9 Å². The minimum Gasteiger partial charge on any atom is -0.366 e. The van der Waals surface area contributed by atoms with Crippen molar-refractivity contribution < 1.29 is 4.79 Å². The van der Waals surface area contributed by atoms with Gasteiger partial charge in [0.1, 0.15) is 0 Å². The second kappa shape index (κ2) is 8.19. The molecular weight excluding hydrogens is 252 g/mol. The van der Waals surface area contributed by atoms with Crippen molar-refractivity contribution in [3.05, 3.63) is 35.4 Å². The number of rotatable bonds is 6. The average molecular weight is 276 g/mol. The zero-order chi connectivity index (χ0) is 15.0. The molecule has 1 rings (SSSR count). The van der Waals surface area contributed by atoms with Crippen LogP contribution in [0.3, 0.4) is 0 Å². The van der Waals surface area contributed by atoms with E-state index in [1.807, 2.05) is 19.2 Å². The number of primary amides is 1. The van der Waals surface area contributed by atoms with Gasteiger partial charge in [-0.25, -0.2) is 0 Å². The normalized spacial score (nSPS) is 11.2. The molecule has 3 N–H and O–H groups in total. The summed E-state index contributed by atoms with van der Waals surface area (Å²) in [6, 6.07) is 7.27. The Balaban J connectivity index is 2.54. The number of nitrogens with zero attached hydrogens (tertiary/aromatic N) is 2. The highest BCUT2D eigenvalue weighted by atomic mass is 16.1. The van der Waals surface area contributed by atoms with Crippen LogP contribution in [0.25, 0.3) is 0 Å². The fourth-order valence-corrected chi connectivity index (χ4v) is 1.85. The van der Waals surface area contributed by atoms with Crippen LogP contribution in [0.4, 0.5) is 0 Å². The van der Waals surface area contributed by atoms with Gasteiger partial charge in [0.05, 0.1) is 0 Å². The average Bonchev–Trinajstić information content (AvgIpc) is 2.46. The molecule has 110 valence electrons. The van der Waals surface area contributed by atoms with Gasteiger partial charge in [0.2, 0.25) is 5.91 Å². The molecule has 0 bridgehead atoms. The summed E-state index contributed by atoms with van der Waals surface area (Å²) >= 11 is 0. The van der Waals surface area contributed by atoms with Gasteiger partial charge >= 0.3 is 0 Å². The molecule has 0 aliphatic rings. The molecule has 0 unspecified atom stereocenters. The third-order valence-corrected chi connectivity index (χ3v) is 3.11. The van der Waals surface area contributed by atoms with Crippen LogP contribution < -0.4 is 11.1 Å². The lowest BCUT2D eigenvalue weighted by molar-refractivity contribution is 0.100. The Kier molecular flexibility index (Phi) is 6.56. The second-order valence-corrected chi connectivity index (χ2v) is 4.74. The van der Waals surface area contributed by atoms with E-state index in [-0.39, 0.29) is 0 Å². The lowest BCUT2D eigenvalue weighted by atomic mass is 10.1. The molecule has 0 heterocycles. The predicted octanol–water partition coefficient (Wildman–Crippen LogP) is 1.59. The lowest BCUT2D eigenvalue weighted by Crippen LogP contribution is -2.38. The minimum absolute atomic E-state index is 0.403. The largest absolute Gasteiger partial charge is 0.366 e. The third kappa shape index (κ3) is 4.91. The van der Waals surface area contributed by atoms with E-state index in [9.17, 15) is 4.79 Å². The summed E-state index contributed by atoms with van der Waals surface area (Å²) < 4.78 is 0. The van der Waals surface area contributed by atoms with Gasteiger partial charge in [0.25, 0.3) is 0 Å². The number of carbonyl (C=O) groups is 1. The maximum absolute atomic E-state index is 11.0. The highest BCUT2D eigenvalue weighted by Crippen LogP contribution is 2.04. The standard InChI is InChI=1S/C15H24N4O/c1-4-5-10-19(3)15(17-2)18-11-12-6-8-13(9-7-12)14(16)20/h6-9H,4-5,10-11H2,1-3H3,(H2,16,20)(H,17,18). The first-order valence-corrected chi connectivity index (χ1v) is 6.89. The van der Waals surface area contributed by atoms with Crippen LogP contribution in [-0.4, -0.2) is 37.4 Å². The lowest BCUT2D eigenvalue weighted by Gasteiger charge is -2.21. The summed E-state index contributed by atoms with van der Waals surface area (Å²) in [6.07, 6.45) is 2.31. The van der Waals surface area contributed by atoms with E-state index in [1.165, 1.54) is 0 Å². The number of hydrogen-bond acceptors (Lipinski definition) is 2. The molecule has 1 aromatic rings. The fourth-order valence-electron chi connectivity index (χ4n) is 1.85. The van der Waals surface area contributed by atoms with Gasteiger partial charge in [-0.1, -0.05) is 25.5 Å². The van der Waals surface area contributed by atoms with E-state index in [0.29, 0.717) is 12.1 Å². The van der Waals surface area contributed by atoms with Gasteiger partial charge < -0.3 is 16.0 Å². The molecule has 0 aliphatic heterocycles. The van der Waals surface area contributed by atoms with Gasteiger partial charge in [-0.2, -0.15) is 0 Å². The molecule has 0 fully saturated rings. The summed E-state index contributed by atoms with van der Waals surface area (Å²) in [6.45, 7) is 3.82.